The van der Waals surface area contributed by atoms with Crippen LogP contribution in [0.3, 0.4) is 0 Å². The summed E-state index contributed by atoms with van der Waals surface area (Å²) in [6.07, 6.45) is 4.43. The molecule has 0 aliphatic carbocycles. The van der Waals surface area contributed by atoms with Crippen LogP contribution >= 0.6 is 0 Å². The molecule has 2 heterocycles. The number of rotatable bonds is 8. The lowest BCUT2D eigenvalue weighted by Crippen LogP contribution is -2.17. The van der Waals surface area contributed by atoms with E-state index in [4.69, 9.17) is 0 Å². The topological polar surface area (TPSA) is 66.0 Å². The van der Waals surface area contributed by atoms with E-state index >= 15 is 0 Å². The van der Waals surface area contributed by atoms with Crippen LogP contribution in [-0.2, 0) is 0 Å². The van der Waals surface area contributed by atoms with Crippen LogP contribution in [-0.4, -0.2) is 47.0 Å². The van der Waals surface area contributed by atoms with Gasteiger partial charge >= 0.3 is 0 Å². The number of nitrogens with one attached hydrogen (secondary N) is 2. The van der Waals surface area contributed by atoms with Crippen molar-refractivity contribution < 1.29 is 4.39 Å². The van der Waals surface area contributed by atoms with Crippen LogP contribution < -0.4 is 10.6 Å². The fourth-order valence-electron chi connectivity index (χ4n) is 2.67. The van der Waals surface area contributed by atoms with Crippen molar-refractivity contribution in [1.29, 1.82) is 0 Å². The molecule has 28 heavy (non-hydrogen) atoms. The monoisotopic (exact) mass is 380 g/mol. The molecule has 146 valence electrons. The van der Waals surface area contributed by atoms with Gasteiger partial charge in [0, 0.05) is 36.3 Å². The van der Waals surface area contributed by atoms with E-state index in [-0.39, 0.29) is 5.82 Å². The van der Waals surface area contributed by atoms with Crippen molar-refractivity contribution in [2.75, 3.05) is 37.8 Å². The zero-order chi connectivity index (χ0) is 19.9. The quantitative estimate of drug-likeness (QED) is 0.574. The normalized spacial score (nSPS) is 10.9. The summed E-state index contributed by atoms with van der Waals surface area (Å²) in [6.45, 7) is 3.47. The Morgan fingerprint density at radius 3 is 2.54 bits per heavy atom. The third-order valence-electron chi connectivity index (χ3n) is 4.21. The Labute approximate surface area is 164 Å². The number of anilines is 3. The van der Waals surface area contributed by atoms with Gasteiger partial charge in [-0.05, 0) is 63.8 Å². The number of hydrogen-bond acceptors (Lipinski definition) is 6. The van der Waals surface area contributed by atoms with Crippen molar-refractivity contribution >= 4 is 17.5 Å². The molecule has 0 unspecified atom stereocenters. The van der Waals surface area contributed by atoms with Gasteiger partial charge in [0.05, 0.1) is 5.69 Å². The van der Waals surface area contributed by atoms with Crippen LogP contribution in [0.25, 0.3) is 11.3 Å². The van der Waals surface area contributed by atoms with Gasteiger partial charge in [-0.15, -0.1) is 0 Å². The van der Waals surface area contributed by atoms with Gasteiger partial charge in [0.1, 0.15) is 11.6 Å². The molecule has 7 heteroatoms. The summed E-state index contributed by atoms with van der Waals surface area (Å²) in [5, 5.41) is 6.45. The van der Waals surface area contributed by atoms with E-state index < -0.39 is 0 Å². The smallest absolute Gasteiger partial charge is 0.225 e. The van der Waals surface area contributed by atoms with E-state index in [1.807, 2.05) is 38.4 Å². The third kappa shape index (κ3) is 5.47. The number of hydrogen-bond donors (Lipinski definition) is 2. The van der Waals surface area contributed by atoms with Crippen LogP contribution in [0, 0.1) is 12.7 Å². The first kappa shape index (κ1) is 19.7. The highest BCUT2D eigenvalue weighted by atomic mass is 19.1. The molecule has 0 saturated heterocycles. The predicted octanol–water partition coefficient (Wildman–Crippen LogP) is 4.09. The van der Waals surface area contributed by atoms with Gasteiger partial charge in [-0.25, -0.2) is 9.37 Å². The van der Waals surface area contributed by atoms with Crippen molar-refractivity contribution in [2.24, 2.45) is 0 Å². The molecule has 0 aliphatic rings. The lowest BCUT2D eigenvalue weighted by Gasteiger charge is -2.13. The van der Waals surface area contributed by atoms with Gasteiger partial charge in [0.15, 0.2) is 0 Å². The maximum atomic E-state index is 13.9. The average molecular weight is 380 g/mol. The standard InChI is InChI=1S/C21H25FN6/c1-15-5-6-17(13-18(15)22)25-20-14-19(16-7-10-23-11-8-16)26-21(27-20)24-9-4-12-28(2)3/h5-8,10-11,13-14H,4,9,12H2,1-3H3,(H2,24,25,26,27). The first-order valence-electron chi connectivity index (χ1n) is 9.22. The lowest BCUT2D eigenvalue weighted by molar-refractivity contribution is 0.405. The molecule has 6 nitrogen and oxygen atoms in total. The fourth-order valence-corrected chi connectivity index (χ4v) is 2.67. The summed E-state index contributed by atoms with van der Waals surface area (Å²) >= 11 is 0. The van der Waals surface area contributed by atoms with Gasteiger partial charge < -0.3 is 15.5 Å². The Bertz CT molecular complexity index is 914. The van der Waals surface area contributed by atoms with Crippen molar-refractivity contribution in [1.82, 2.24) is 19.9 Å². The summed E-state index contributed by atoms with van der Waals surface area (Å²) in [6, 6.07) is 10.7. The number of aromatic nitrogens is 3. The lowest BCUT2D eigenvalue weighted by atomic mass is 10.2. The van der Waals surface area contributed by atoms with Gasteiger partial charge in [-0.2, -0.15) is 4.98 Å². The Morgan fingerprint density at radius 2 is 1.82 bits per heavy atom. The maximum Gasteiger partial charge on any atom is 0.225 e. The first-order chi connectivity index (χ1) is 13.5. The average Bonchev–Trinajstić information content (AvgIpc) is 2.68. The van der Waals surface area contributed by atoms with Crippen LogP contribution in [0.4, 0.5) is 21.8 Å². The third-order valence-corrected chi connectivity index (χ3v) is 4.21. The van der Waals surface area contributed by atoms with Crippen molar-refractivity contribution in [3.63, 3.8) is 0 Å². The first-order valence-corrected chi connectivity index (χ1v) is 9.22. The van der Waals surface area contributed by atoms with E-state index in [0.29, 0.717) is 23.0 Å². The molecule has 0 atom stereocenters. The molecular weight excluding hydrogens is 355 g/mol. The maximum absolute atomic E-state index is 13.9. The highest BCUT2D eigenvalue weighted by molar-refractivity contribution is 5.67. The molecule has 2 aromatic heterocycles. The van der Waals surface area contributed by atoms with E-state index in [1.165, 1.54) is 6.07 Å². The highest BCUT2D eigenvalue weighted by Gasteiger charge is 2.08. The largest absolute Gasteiger partial charge is 0.354 e. The van der Waals surface area contributed by atoms with Crippen molar-refractivity contribution in [3.8, 4) is 11.3 Å². The minimum Gasteiger partial charge on any atom is -0.354 e. The van der Waals surface area contributed by atoms with E-state index in [9.17, 15) is 4.39 Å². The molecule has 0 radical (unpaired) electrons. The summed E-state index contributed by atoms with van der Waals surface area (Å²) in [5.41, 5.74) is 2.95. The highest BCUT2D eigenvalue weighted by Crippen LogP contribution is 2.24. The van der Waals surface area contributed by atoms with Gasteiger partial charge in [0.2, 0.25) is 5.95 Å². The van der Waals surface area contributed by atoms with Crippen LogP contribution in [0.5, 0.6) is 0 Å². The molecule has 0 bridgehead atoms. The summed E-state index contributed by atoms with van der Waals surface area (Å²) in [7, 11) is 4.09. The summed E-state index contributed by atoms with van der Waals surface area (Å²) < 4.78 is 13.9. The molecule has 0 fully saturated rings. The number of pyridine rings is 1. The van der Waals surface area contributed by atoms with E-state index in [1.54, 1.807) is 25.4 Å². The van der Waals surface area contributed by atoms with Crippen molar-refractivity contribution in [3.05, 3.63) is 60.2 Å². The summed E-state index contributed by atoms with van der Waals surface area (Å²) in [4.78, 5) is 15.3. The zero-order valence-electron chi connectivity index (χ0n) is 16.4. The fraction of sp³-hybridized carbons (Fsp3) is 0.286. The zero-order valence-corrected chi connectivity index (χ0v) is 16.4. The number of benzene rings is 1. The molecular formula is C21H25FN6. The van der Waals surface area contributed by atoms with Crippen LogP contribution in [0.15, 0.2) is 48.8 Å². The van der Waals surface area contributed by atoms with E-state index in [2.05, 4.69) is 30.5 Å². The van der Waals surface area contributed by atoms with E-state index in [0.717, 1.165) is 30.8 Å². The molecule has 0 amide bonds. The van der Waals surface area contributed by atoms with Gasteiger partial charge in [-0.3, -0.25) is 4.98 Å². The Morgan fingerprint density at radius 1 is 1.04 bits per heavy atom. The minimum atomic E-state index is -0.254. The van der Waals surface area contributed by atoms with Crippen LogP contribution in [0.1, 0.15) is 12.0 Å². The second-order valence-electron chi connectivity index (χ2n) is 6.87. The molecule has 1 aromatic carbocycles. The number of nitrogens with zero attached hydrogens (tertiary/aromatic N) is 4. The number of halogens is 1. The second-order valence-corrected chi connectivity index (χ2v) is 6.87. The van der Waals surface area contributed by atoms with Crippen molar-refractivity contribution in [2.45, 2.75) is 13.3 Å². The Balaban J connectivity index is 1.85. The predicted molar refractivity (Wildman–Crippen MR) is 111 cm³/mol. The molecule has 0 saturated carbocycles. The summed E-state index contributed by atoms with van der Waals surface area (Å²) in [5.74, 6) is 0.874. The van der Waals surface area contributed by atoms with Gasteiger partial charge in [0.25, 0.3) is 0 Å². The SMILES string of the molecule is Cc1ccc(Nc2cc(-c3ccncc3)nc(NCCCN(C)C)n2)cc1F. The van der Waals surface area contributed by atoms with Gasteiger partial charge in [-0.1, -0.05) is 6.07 Å². The molecule has 0 aliphatic heterocycles. The Hall–Kier alpha value is -3.06. The second kappa shape index (κ2) is 9.23. The molecule has 2 N–H and O–H groups in total. The molecule has 3 rings (SSSR count). The minimum absolute atomic E-state index is 0.254. The Kier molecular flexibility index (Phi) is 6.49. The molecule has 3 aromatic rings. The van der Waals surface area contributed by atoms with Crippen LogP contribution in [0.2, 0.25) is 0 Å². The number of aryl methyl sites for hydroxylation is 1. The molecule has 0 spiro atoms.